The smallest absolute Gasteiger partial charge is 0.236 e. The molecule has 2 aromatic rings. The lowest BCUT2D eigenvalue weighted by atomic mass is 10.3. The summed E-state index contributed by atoms with van der Waals surface area (Å²) in [7, 11) is 1.87. The van der Waals surface area contributed by atoms with E-state index in [0.717, 1.165) is 31.3 Å². The molecule has 6 nitrogen and oxygen atoms in total. The lowest BCUT2D eigenvalue weighted by Crippen LogP contribution is -2.42. The van der Waals surface area contributed by atoms with Gasteiger partial charge < -0.3 is 9.47 Å². The molecule has 1 aliphatic carbocycles. The highest BCUT2D eigenvalue weighted by Crippen LogP contribution is 2.39. The van der Waals surface area contributed by atoms with Gasteiger partial charge in [0.05, 0.1) is 19.6 Å². The van der Waals surface area contributed by atoms with Crippen LogP contribution in [-0.4, -0.2) is 50.6 Å². The molecule has 0 bridgehead atoms. The first-order chi connectivity index (χ1) is 11.2. The zero-order valence-corrected chi connectivity index (χ0v) is 14.1. The summed E-state index contributed by atoms with van der Waals surface area (Å²) in [5, 5.41) is 10.7. The quantitative estimate of drug-likeness (QED) is 0.837. The summed E-state index contributed by atoms with van der Waals surface area (Å²) in [5.74, 6) is 2.95. The number of amides is 1. The van der Waals surface area contributed by atoms with Gasteiger partial charge in [0.2, 0.25) is 5.91 Å². The number of fused-ring (bicyclic) bond motifs is 1. The van der Waals surface area contributed by atoms with E-state index in [4.69, 9.17) is 0 Å². The number of thiophene rings is 1. The molecule has 0 unspecified atom stereocenters. The third-order valence-corrected chi connectivity index (χ3v) is 5.42. The summed E-state index contributed by atoms with van der Waals surface area (Å²) in [4.78, 5) is 17.6. The van der Waals surface area contributed by atoms with E-state index in [9.17, 15) is 4.79 Å². The molecule has 0 atom stereocenters. The van der Waals surface area contributed by atoms with Gasteiger partial charge in [0.1, 0.15) is 11.6 Å². The zero-order valence-electron chi connectivity index (χ0n) is 13.3. The Morgan fingerprint density at radius 3 is 3.00 bits per heavy atom. The standard InChI is InChI=1S/C16H21N5OS/c1-19(9-13-3-2-8-23-13)15(22)11-20-6-7-21-14(10-20)17-18-16(21)12-4-5-12/h2-3,8,12H,4-7,9-11H2,1H3. The molecule has 2 aromatic heterocycles. The number of carbonyl (C=O) groups is 1. The fraction of sp³-hybridized carbons (Fsp3) is 0.562. The first-order valence-corrected chi connectivity index (χ1v) is 8.99. The van der Waals surface area contributed by atoms with Crippen molar-refractivity contribution in [2.45, 2.75) is 38.4 Å². The van der Waals surface area contributed by atoms with Gasteiger partial charge in [-0.2, -0.15) is 0 Å². The summed E-state index contributed by atoms with van der Waals surface area (Å²) in [6.07, 6.45) is 2.49. The van der Waals surface area contributed by atoms with Crippen LogP contribution in [0.2, 0.25) is 0 Å². The number of aromatic nitrogens is 3. The van der Waals surface area contributed by atoms with Gasteiger partial charge >= 0.3 is 0 Å². The molecule has 2 aliphatic rings. The fourth-order valence-electron chi connectivity index (χ4n) is 3.05. The number of rotatable bonds is 5. The molecule has 0 spiro atoms. The van der Waals surface area contributed by atoms with Crippen molar-refractivity contribution in [1.29, 1.82) is 0 Å². The molecule has 0 aromatic carbocycles. The minimum absolute atomic E-state index is 0.161. The molecule has 0 saturated heterocycles. The second kappa shape index (κ2) is 6.05. The van der Waals surface area contributed by atoms with Gasteiger partial charge in [-0.05, 0) is 24.3 Å². The Hall–Kier alpha value is -1.73. The molecule has 0 N–H and O–H groups in total. The predicted molar refractivity (Wildman–Crippen MR) is 88.1 cm³/mol. The van der Waals surface area contributed by atoms with Crippen LogP contribution in [0.4, 0.5) is 0 Å². The van der Waals surface area contributed by atoms with Crippen molar-refractivity contribution < 1.29 is 4.79 Å². The Morgan fingerprint density at radius 1 is 1.39 bits per heavy atom. The van der Waals surface area contributed by atoms with Crippen LogP contribution in [0.3, 0.4) is 0 Å². The topological polar surface area (TPSA) is 54.3 Å². The molecule has 1 aliphatic heterocycles. The monoisotopic (exact) mass is 331 g/mol. The largest absolute Gasteiger partial charge is 0.340 e. The van der Waals surface area contributed by atoms with Gasteiger partial charge in [-0.25, -0.2) is 0 Å². The molecule has 122 valence electrons. The number of hydrogen-bond acceptors (Lipinski definition) is 5. The van der Waals surface area contributed by atoms with Gasteiger partial charge in [0.15, 0.2) is 0 Å². The Balaban J connectivity index is 1.35. The molecule has 23 heavy (non-hydrogen) atoms. The number of nitrogens with zero attached hydrogens (tertiary/aromatic N) is 5. The van der Waals surface area contributed by atoms with Gasteiger partial charge in [0, 0.05) is 30.9 Å². The van der Waals surface area contributed by atoms with Gasteiger partial charge in [-0.3, -0.25) is 9.69 Å². The Labute approximate surface area is 139 Å². The molecule has 0 radical (unpaired) electrons. The van der Waals surface area contributed by atoms with E-state index in [2.05, 4.69) is 25.7 Å². The average Bonchev–Trinajstić information content (AvgIpc) is 3.09. The highest BCUT2D eigenvalue weighted by Gasteiger charge is 2.32. The molecular weight excluding hydrogens is 310 g/mol. The lowest BCUT2D eigenvalue weighted by Gasteiger charge is -2.28. The second-order valence-electron chi connectivity index (χ2n) is 6.44. The maximum absolute atomic E-state index is 12.4. The van der Waals surface area contributed by atoms with Gasteiger partial charge in [0.25, 0.3) is 0 Å². The Morgan fingerprint density at radius 2 is 2.26 bits per heavy atom. The lowest BCUT2D eigenvalue weighted by molar-refractivity contribution is -0.132. The van der Waals surface area contributed by atoms with E-state index in [1.807, 2.05) is 18.5 Å². The highest BCUT2D eigenvalue weighted by atomic mass is 32.1. The molecule has 4 rings (SSSR count). The first kappa shape index (κ1) is 14.8. The minimum Gasteiger partial charge on any atom is -0.340 e. The van der Waals surface area contributed by atoms with Crippen LogP contribution < -0.4 is 0 Å². The van der Waals surface area contributed by atoms with Crippen molar-refractivity contribution >= 4 is 17.2 Å². The van der Waals surface area contributed by atoms with Crippen molar-refractivity contribution in [1.82, 2.24) is 24.6 Å². The Kier molecular flexibility index (Phi) is 3.90. The van der Waals surface area contributed by atoms with Crippen LogP contribution in [0, 0.1) is 0 Å². The van der Waals surface area contributed by atoms with Gasteiger partial charge in [-0.1, -0.05) is 6.07 Å². The molecule has 3 heterocycles. The molecule has 7 heteroatoms. The summed E-state index contributed by atoms with van der Waals surface area (Å²) in [6.45, 7) is 3.65. The SMILES string of the molecule is CN(Cc1cccs1)C(=O)CN1CCn2c(nnc2C2CC2)C1. The highest BCUT2D eigenvalue weighted by molar-refractivity contribution is 7.09. The van der Waals surface area contributed by atoms with Gasteiger partial charge in [-0.15, -0.1) is 21.5 Å². The van der Waals surface area contributed by atoms with E-state index in [0.29, 0.717) is 19.0 Å². The van der Waals surface area contributed by atoms with Crippen molar-refractivity contribution in [3.63, 3.8) is 0 Å². The van der Waals surface area contributed by atoms with Crippen LogP contribution in [0.25, 0.3) is 0 Å². The van der Waals surface area contributed by atoms with Crippen molar-refractivity contribution in [3.05, 3.63) is 34.0 Å². The third kappa shape index (κ3) is 3.16. The summed E-state index contributed by atoms with van der Waals surface area (Å²) >= 11 is 1.69. The van der Waals surface area contributed by atoms with Crippen LogP contribution in [0.5, 0.6) is 0 Å². The summed E-state index contributed by atoms with van der Waals surface area (Å²) in [5.41, 5.74) is 0. The minimum atomic E-state index is 0.161. The second-order valence-corrected chi connectivity index (χ2v) is 7.47. The van der Waals surface area contributed by atoms with E-state index >= 15 is 0 Å². The van der Waals surface area contributed by atoms with E-state index in [1.165, 1.54) is 17.7 Å². The maximum Gasteiger partial charge on any atom is 0.236 e. The van der Waals surface area contributed by atoms with Crippen LogP contribution in [0.1, 0.15) is 35.3 Å². The predicted octanol–water partition coefficient (Wildman–Crippen LogP) is 1.69. The van der Waals surface area contributed by atoms with Crippen LogP contribution >= 0.6 is 11.3 Å². The number of hydrogen-bond donors (Lipinski definition) is 0. The summed E-state index contributed by atoms with van der Waals surface area (Å²) in [6, 6.07) is 4.09. The fourth-order valence-corrected chi connectivity index (χ4v) is 3.80. The van der Waals surface area contributed by atoms with Crippen LogP contribution in [-0.2, 0) is 24.4 Å². The number of likely N-dealkylation sites (N-methyl/N-ethyl adjacent to an activating group) is 1. The van der Waals surface area contributed by atoms with E-state index in [1.54, 1.807) is 16.2 Å². The van der Waals surface area contributed by atoms with Crippen LogP contribution in [0.15, 0.2) is 17.5 Å². The molecular formula is C16H21N5OS. The summed E-state index contributed by atoms with van der Waals surface area (Å²) < 4.78 is 2.26. The van der Waals surface area contributed by atoms with E-state index < -0.39 is 0 Å². The van der Waals surface area contributed by atoms with E-state index in [-0.39, 0.29) is 5.91 Å². The zero-order chi connectivity index (χ0) is 15.8. The number of carbonyl (C=O) groups excluding carboxylic acids is 1. The normalized spacial score (nSPS) is 18.0. The first-order valence-electron chi connectivity index (χ1n) is 8.11. The van der Waals surface area contributed by atoms with Crippen molar-refractivity contribution in [2.75, 3.05) is 20.1 Å². The molecule has 1 amide bonds. The molecule has 1 saturated carbocycles. The molecule has 1 fully saturated rings. The van der Waals surface area contributed by atoms with Crippen molar-refractivity contribution in [3.8, 4) is 0 Å². The maximum atomic E-state index is 12.4. The van der Waals surface area contributed by atoms with Crippen molar-refractivity contribution in [2.24, 2.45) is 0 Å². The average molecular weight is 331 g/mol. The Bertz CT molecular complexity index is 691. The third-order valence-electron chi connectivity index (χ3n) is 4.56.